The van der Waals surface area contributed by atoms with E-state index in [1.807, 2.05) is 24.0 Å². The Kier molecular flexibility index (Phi) is 3.72. The Labute approximate surface area is 160 Å². The van der Waals surface area contributed by atoms with Crippen LogP contribution in [0.15, 0.2) is 36.8 Å². The largest absolute Gasteiger partial charge is 0.292 e. The number of rotatable bonds is 4. The van der Waals surface area contributed by atoms with E-state index >= 15 is 0 Å². The van der Waals surface area contributed by atoms with Gasteiger partial charge in [0.1, 0.15) is 5.15 Å². The number of H-pyrrole nitrogens is 1. The van der Waals surface area contributed by atoms with Crippen molar-refractivity contribution in [3.05, 3.63) is 53.1 Å². The maximum atomic E-state index is 13.0. The maximum absolute atomic E-state index is 13.0. The van der Waals surface area contributed by atoms with Gasteiger partial charge in [0.15, 0.2) is 5.82 Å². The number of aromatic amines is 1. The van der Waals surface area contributed by atoms with Gasteiger partial charge in [-0.2, -0.15) is 15.3 Å². The van der Waals surface area contributed by atoms with Gasteiger partial charge in [0.05, 0.1) is 18.1 Å². The minimum absolute atomic E-state index is 0.0255. The van der Waals surface area contributed by atoms with Crippen LogP contribution in [0.2, 0.25) is 5.15 Å². The lowest BCUT2D eigenvalue weighted by molar-refractivity contribution is -0.121. The second kappa shape index (κ2) is 6.13. The summed E-state index contributed by atoms with van der Waals surface area (Å²) >= 11 is 5.85. The van der Waals surface area contributed by atoms with Gasteiger partial charge in [0, 0.05) is 29.8 Å². The monoisotopic (exact) mass is 380 g/mol. The van der Waals surface area contributed by atoms with E-state index < -0.39 is 0 Å². The molecule has 4 heterocycles. The number of pyridine rings is 1. The molecule has 2 fully saturated rings. The van der Waals surface area contributed by atoms with E-state index in [4.69, 9.17) is 11.6 Å². The molecule has 8 heteroatoms. The van der Waals surface area contributed by atoms with Gasteiger partial charge in [-0.1, -0.05) is 17.7 Å². The molecule has 0 unspecified atom stereocenters. The van der Waals surface area contributed by atoms with E-state index in [2.05, 4.69) is 25.4 Å². The predicted molar refractivity (Wildman–Crippen MR) is 100 cm³/mol. The maximum Gasteiger partial charge on any atom is 0.232 e. The molecule has 3 atom stereocenters. The minimum atomic E-state index is -0.0255. The minimum Gasteiger partial charge on any atom is -0.292 e. The summed E-state index contributed by atoms with van der Waals surface area (Å²) < 4.78 is 0. The van der Waals surface area contributed by atoms with Gasteiger partial charge >= 0.3 is 0 Å². The van der Waals surface area contributed by atoms with E-state index in [1.54, 1.807) is 24.7 Å². The Morgan fingerprint density at radius 1 is 1.26 bits per heavy atom. The van der Waals surface area contributed by atoms with Gasteiger partial charge in [-0.3, -0.25) is 14.8 Å². The SMILES string of the molecule is Cc1cnncc1-c1cc(N2C(=O)[C@@H](Cc3ccc(Cl)nc3)[C@H]3C[C@H]32)n[nH]1. The number of hydrogen-bond donors (Lipinski definition) is 1. The van der Waals surface area contributed by atoms with Crippen molar-refractivity contribution in [1.82, 2.24) is 25.4 Å². The highest BCUT2D eigenvalue weighted by molar-refractivity contribution is 6.29. The smallest absolute Gasteiger partial charge is 0.232 e. The van der Waals surface area contributed by atoms with Crippen LogP contribution in [-0.4, -0.2) is 37.3 Å². The average Bonchev–Trinajstić information content (AvgIpc) is 3.18. The molecule has 2 aliphatic rings. The van der Waals surface area contributed by atoms with Crippen molar-refractivity contribution in [3.8, 4) is 11.3 Å². The number of carbonyl (C=O) groups excluding carboxylic acids is 1. The van der Waals surface area contributed by atoms with Gasteiger partial charge in [-0.15, -0.1) is 0 Å². The van der Waals surface area contributed by atoms with Crippen molar-refractivity contribution in [1.29, 1.82) is 0 Å². The van der Waals surface area contributed by atoms with Crippen LogP contribution < -0.4 is 4.90 Å². The number of nitrogens with zero attached hydrogens (tertiary/aromatic N) is 5. The van der Waals surface area contributed by atoms with Crippen molar-refractivity contribution < 1.29 is 4.79 Å². The molecule has 5 rings (SSSR count). The molecule has 3 aromatic rings. The van der Waals surface area contributed by atoms with Crippen LogP contribution in [-0.2, 0) is 11.2 Å². The molecule has 7 nitrogen and oxygen atoms in total. The van der Waals surface area contributed by atoms with Crippen molar-refractivity contribution in [2.75, 3.05) is 4.90 Å². The quantitative estimate of drug-likeness (QED) is 0.703. The second-order valence-electron chi connectivity index (χ2n) is 7.20. The van der Waals surface area contributed by atoms with E-state index in [0.717, 1.165) is 28.8 Å². The zero-order chi connectivity index (χ0) is 18.5. The summed E-state index contributed by atoms with van der Waals surface area (Å²) in [6, 6.07) is 5.87. The van der Waals surface area contributed by atoms with Crippen LogP contribution in [0.25, 0.3) is 11.3 Å². The molecule has 3 aromatic heterocycles. The Morgan fingerprint density at radius 2 is 2.11 bits per heavy atom. The molecule has 1 N–H and O–H groups in total. The number of anilines is 1. The lowest BCUT2D eigenvalue weighted by atomic mass is 9.96. The topological polar surface area (TPSA) is 87.7 Å². The van der Waals surface area contributed by atoms with Gasteiger partial charge < -0.3 is 0 Å². The van der Waals surface area contributed by atoms with Crippen molar-refractivity contribution in [2.24, 2.45) is 11.8 Å². The zero-order valence-electron chi connectivity index (χ0n) is 14.6. The number of aryl methyl sites for hydroxylation is 1. The zero-order valence-corrected chi connectivity index (χ0v) is 15.4. The number of aromatic nitrogens is 5. The van der Waals surface area contributed by atoms with E-state index in [0.29, 0.717) is 23.3 Å². The Morgan fingerprint density at radius 3 is 2.89 bits per heavy atom. The second-order valence-corrected chi connectivity index (χ2v) is 7.59. The lowest BCUT2D eigenvalue weighted by Crippen LogP contribution is -2.32. The van der Waals surface area contributed by atoms with Crippen LogP contribution in [0.5, 0.6) is 0 Å². The van der Waals surface area contributed by atoms with E-state index in [9.17, 15) is 4.79 Å². The number of nitrogens with one attached hydrogen (secondary N) is 1. The molecule has 0 radical (unpaired) electrons. The highest BCUT2D eigenvalue weighted by Gasteiger charge is 2.59. The van der Waals surface area contributed by atoms with Crippen LogP contribution in [0, 0.1) is 18.8 Å². The Bertz CT molecular complexity index is 1020. The fourth-order valence-electron chi connectivity index (χ4n) is 3.99. The lowest BCUT2D eigenvalue weighted by Gasteiger charge is -2.18. The molecule has 1 saturated carbocycles. The predicted octanol–water partition coefficient (Wildman–Crippen LogP) is 2.82. The summed E-state index contributed by atoms with van der Waals surface area (Å²) in [6.45, 7) is 1.97. The first-order valence-electron chi connectivity index (χ1n) is 8.88. The molecule has 1 saturated heterocycles. The van der Waals surface area contributed by atoms with Crippen LogP contribution in [0.4, 0.5) is 5.82 Å². The van der Waals surface area contributed by atoms with Gasteiger partial charge in [-0.05, 0) is 42.9 Å². The van der Waals surface area contributed by atoms with Crippen molar-refractivity contribution in [3.63, 3.8) is 0 Å². The van der Waals surface area contributed by atoms with Crippen LogP contribution >= 0.6 is 11.6 Å². The van der Waals surface area contributed by atoms with Gasteiger partial charge in [0.2, 0.25) is 5.91 Å². The third-order valence-electron chi connectivity index (χ3n) is 5.48. The summed E-state index contributed by atoms with van der Waals surface area (Å²) in [5.41, 5.74) is 3.82. The summed E-state index contributed by atoms with van der Waals surface area (Å²) in [6.07, 6.45) is 6.88. The molecule has 1 aliphatic heterocycles. The van der Waals surface area contributed by atoms with Crippen LogP contribution in [0.1, 0.15) is 17.5 Å². The van der Waals surface area contributed by atoms with Crippen LogP contribution in [0.3, 0.4) is 0 Å². The Balaban J connectivity index is 1.39. The molecular weight excluding hydrogens is 364 g/mol. The number of piperidine rings is 1. The third-order valence-corrected chi connectivity index (χ3v) is 5.71. The summed E-state index contributed by atoms with van der Waals surface area (Å²) in [7, 11) is 0. The summed E-state index contributed by atoms with van der Waals surface area (Å²) in [5.74, 6) is 1.17. The molecule has 136 valence electrons. The third kappa shape index (κ3) is 2.78. The first-order chi connectivity index (χ1) is 13.1. The number of carbonyl (C=O) groups is 1. The first kappa shape index (κ1) is 16.4. The molecule has 0 aromatic carbocycles. The van der Waals surface area contributed by atoms with E-state index in [-0.39, 0.29) is 17.9 Å². The number of hydrogen-bond acceptors (Lipinski definition) is 5. The normalized spacial score (nSPS) is 23.6. The number of fused-ring (bicyclic) bond motifs is 1. The fourth-order valence-corrected chi connectivity index (χ4v) is 4.11. The van der Waals surface area contributed by atoms with Gasteiger partial charge in [-0.25, -0.2) is 4.98 Å². The van der Waals surface area contributed by atoms with Crippen molar-refractivity contribution >= 4 is 23.3 Å². The number of halogens is 1. The summed E-state index contributed by atoms with van der Waals surface area (Å²) in [4.78, 5) is 19.0. The molecule has 27 heavy (non-hydrogen) atoms. The first-order valence-corrected chi connectivity index (χ1v) is 9.26. The number of amides is 1. The van der Waals surface area contributed by atoms with Gasteiger partial charge in [0.25, 0.3) is 0 Å². The average molecular weight is 381 g/mol. The molecule has 1 amide bonds. The molecule has 0 spiro atoms. The molecule has 1 aliphatic carbocycles. The Hall–Kier alpha value is -2.80. The summed E-state index contributed by atoms with van der Waals surface area (Å²) in [5, 5.41) is 15.7. The molecule has 0 bridgehead atoms. The fraction of sp³-hybridized carbons (Fsp3) is 0.316. The van der Waals surface area contributed by atoms with Crippen molar-refractivity contribution in [2.45, 2.75) is 25.8 Å². The highest BCUT2D eigenvalue weighted by Crippen LogP contribution is 2.51. The highest BCUT2D eigenvalue weighted by atomic mass is 35.5. The standard InChI is InChI=1S/C19H17ClN6O/c1-10-7-22-23-9-14(10)15-6-18(25-24-15)26-16-5-12(16)13(19(26)27)4-11-2-3-17(20)21-8-11/h2-3,6-9,12-13,16H,4-5H2,1H3,(H,24,25)/t12-,13+,16-/m1/s1. The van der Waals surface area contributed by atoms with E-state index in [1.165, 1.54) is 0 Å². The molecular formula is C19H17ClN6O.